The maximum absolute atomic E-state index is 10.5. The average Bonchev–Trinajstić information content (AvgIpc) is 2.44. The Kier molecular flexibility index (Phi) is 6.20. The molecular weight excluding hydrogens is 278 g/mol. The van der Waals surface area contributed by atoms with Gasteiger partial charge in [0.2, 0.25) is 0 Å². The Labute approximate surface area is 134 Å². The molecule has 1 fully saturated rings. The quantitative estimate of drug-likeness (QED) is 0.859. The molecule has 2 rings (SSSR count). The van der Waals surface area contributed by atoms with Crippen molar-refractivity contribution in [2.45, 2.75) is 19.6 Å². The molecule has 0 aromatic heterocycles. The Morgan fingerprint density at radius 1 is 1.00 bits per heavy atom. The van der Waals surface area contributed by atoms with Crippen LogP contribution in [-0.2, 0) is 24.4 Å². The summed E-state index contributed by atoms with van der Waals surface area (Å²) in [6.45, 7) is 6.01. The fourth-order valence-corrected chi connectivity index (χ4v) is 2.86. The van der Waals surface area contributed by atoms with Crippen molar-refractivity contribution in [1.29, 1.82) is 0 Å². The van der Waals surface area contributed by atoms with Crippen molar-refractivity contribution in [1.82, 2.24) is 14.7 Å². The van der Waals surface area contributed by atoms with Crippen LogP contribution in [0.2, 0.25) is 0 Å². The third-order valence-corrected chi connectivity index (χ3v) is 3.81. The number of rotatable bonds is 6. The number of nitrogens with zero attached hydrogens (tertiary/aromatic N) is 3. The normalized spacial score (nSPS) is 16.6. The van der Waals surface area contributed by atoms with Crippen LogP contribution in [0.25, 0.3) is 0 Å². The standard InChI is InChI=1S/C17H29N3O2/c1-18(2)12-15-9-14(11-20-5-7-22-8-6-20)10-16(17(15)21)13-19(3)4/h9-10,21H,5-8,11-13H2,1-4H3. The molecule has 0 unspecified atom stereocenters. The minimum atomic E-state index is 0.438. The van der Waals surface area contributed by atoms with E-state index in [9.17, 15) is 5.11 Å². The Balaban J connectivity index is 2.23. The van der Waals surface area contributed by atoms with Crippen LogP contribution >= 0.6 is 0 Å². The molecule has 0 radical (unpaired) electrons. The minimum Gasteiger partial charge on any atom is -0.507 e. The molecule has 22 heavy (non-hydrogen) atoms. The highest BCUT2D eigenvalue weighted by atomic mass is 16.5. The predicted molar refractivity (Wildman–Crippen MR) is 89.0 cm³/mol. The van der Waals surface area contributed by atoms with Gasteiger partial charge in [0.15, 0.2) is 0 Å². The van der Waals surface area contributed by atoms with Crippen molar-refractivity contribution in [2.24, 2.45) is 0 Å². The summed E-state index contributed by atoms with van der Waals surface area (Å²) in [5.74, 6) is 0.438. The molecule has 5 heteroatoms. The van der Waals surface area contributed by atoms with E-state index in [2.05, 4.69) is 26.8 Å². The largest absolute Gasteiger partial charge is 0.507 e. The molecule has 1 saturated heterocycles. The second-order valence-corrected chi connectivity index (χ2v) is 6.63. The van der Waals surface area contributed by atoms with Gasteiger partial charge in [-0.15, -0.1) is 0 Å². The summed E-state index contributed by atoms with van der Waals surface area (Å²) in [4.78, 5) is 6.59. The van der Waals surface area contributed by atoms with Crippen LogP contribution < -0.4 is 0 Å². The maximum Gasteiger partial charge on any atom is 0.124 e. The van der Waals surface area contributed by atoms with Gasteiger partial charge >= 0.3 is 0 Å². The van der Waals surface area contributed by atoms with Crippen LogP contribution in [-0.4, -0.2) is 74.3 Å². The van der Waals surface area contributed by atoms with Crippen LogP contribution in [0.4, 0.5) is 0 Å². The molecule has 1 aliphatic rings. The summed E-state index contributed by atoms with van der Waals surface area (Å²) in [7, 11) is 8.11. The molecule has 0 atom stereocenters. The Bertz CT molecular complexity index is 452. The highest BCUT2D eigenvalue weighted by molar-refractivity contribution is 5.44. The summed E-state index contributed by atoms with van der Waals surface area (Å²) in [5.41, 5.74) is 3.29. The summed E-state index contributed by atoms with van der Waals surface area (Å²) < 4.78 is 5.41. The van der Waals surface area contributed by atoms with Gasteiger partial charge in [-0.2, -0.15) is 0 Å². The molecule has 1 N–H and O–H groups in total. The Morgan fingerprint density at radius 3 is 1.95 bits per heavy atom. The molecule has 0 aliphatic carbocycles. The molecule has 1 aliphatic heterocycles. The Morgan fingerprint density at radius 2 is 1.50 bits per heavy atom. The molecule has 5 nitrogen and oxygen atoms in total. The smallest absolute Gasteiger partial charge is 0.124 e. The lowest BCUT2D eigenvalue weighted by Gasteiger charge is -2.27. The van der Waals surface area contributed by atoms with Crippen LogP contribution in [0.1, 0.15) is 16.7 Å². The zero-order chi connectivity index (χ0) is 16.1. The molecule has 124 valence electrons. The van der Waals surface area contributed by atoms with Crippen molar-refractivity contribution < 1.29 is 9.84 Å². The predicted octanol–water partition coefficient (Wildman–Crippen LogP) is 1.35. The lowest BCUT2D eigenvalue weighted by Crippen LogP contribution is -2.35. The fraction of sp³-hybridized carbons (Fsp3) is 0.647. The van der Waals surface area contributed by atoms with Gasteiger partial charge in [0.05, 0.1) is 13.2 Å². The summed E-state index contributed by atoms with van der Waals surface area (Å²) in [6, 6.07) is 4.29. The van der Waals surface area contributed by atoms with Crippen molar-refractivity contribution in [3.8, 4) is 5.75 Å². The number of phenols is 1. The number of morpholine rings is 1. The Hall–Kier alpha value is -1.14. The van der Waals surface area contributed by atoms with E-state index < -0.39 is 0 Å². The first kappa shape index (κ1) is 17.2. The second kappa shape index (κ2) is 7.92. The fourth-order valence-electron chi connectivity index (χ4n) is 2.86. The molecule has 1 aromatic rings. The highest BCUT2D eigenvalue weighted by Gasteiger charge is 2.15. The lowest BCUT2D eigenvalue weighted by atomic mass is 10.0. The van der Waals surface area contributed by atoms with E-state index in [1.165, 1.54) is 5.56 Å². The van der Waals surface area contributed by atoms with Gasteiger partial charge in [0.1, 0.15) is 5.75 Å². The van der Waals surface area contributed by atoms with Gasteiger partial charge in [0.25, 0.3) is 0 Å². The number of ether oxygens (including phenoxy) is 1. The molecule has 0 amide bonds. The van der Waals surface area contributed by atoms with Gasteiger partial charge in [-0.3, -0.25) is 4.90 Å². The zero-order valence-corrected chi connectivity index (χ0v) is 14.3. The van der Waals surface area contributed by atoms with E-state index in [0.717, 1.165) is 57.1 Å². The van der Waals surface area contributed by atoms with Crippen molar-refractivity contribution in [3.05, 3.63) is 28.8 Å². The average molecular weight is 307 g/mol. The molecule has 1 aromatic carbocycles. The summed E-state index contributed by atoms with van der Waals surface area (Å²) in [6.07, 6.45) is 0. The third kappa shape index (κ3) is 4.95. The summed E-state index contributed by atoms with van der Waals surface area (Å²) >= 11 is 0. The molecule has 1 heterocycles. The van der Waals surface area contributed by atoms with E-state index in [1.54, 1.807) is 0 Å². The SMILES string of the molecule is CN(C)Cc1cc(CN2CCOCC2)cc(CN(C)C)c1O. The van der Waals surface area contributed by atoms with Crippen molar-refractivity contribution in [2.75, 3.05) is 54.5 Å². The van der Waals surface area contributed by atoms with Crippen LogP contribution in [0.15, 0.2) is 12.1 Å². The van der Waals surface area contributed by atoms with E-state index in [-0.39, 0.29) is 0 Å². The zero-order valence-electron chi connectivity index (χ0n) is 14.3. The molecular formula is C17H29N3O2. The van der Waals surface area contributed by atoms with E-state index in [0.29, 0.717) is 5.75 Å². The van der Waals surface area contributed by atoms with E-state index in [1.807, 2.05) is 28.2 Å². The van der Waals surface area contributed by atoms with E-state index >= 15 is 0 Å². The van der Waals surface area contributed by atoms with Crippen LogP contribution in [0.5, 0.6) is 5.75 Å². The number of hydrogen-bond donors (Lipinski definition) is 1. The monoisotopic (exact) mass is 307 g/mol. The van der Waals surface area contributed by atoms with Gasteiger partial charge < -0.3 is 19.6 Å². The number of aromatic hydroxyl groups is 1. The van der Waals surface area contributed by atoms with Crippen molar-refractivity contribution in [3.63, 3.8) is 0 Å². The molecule has 0 bridgehead atoms. The first-order chi connectivity index (χ1) is 10.5. The highest BCUT2D eigenvalue weighted by Crippen LogP contribution is 2.27. The lowest BCUT2D eigenvalue weighted by molar-refractivity contribution is 0.0341. The molecule has 0 spiro atoms. The first-order valence-corrected chi connectivity index (χ1v) is 7.89. The van der Waals surface area contributed by atoms with Gasteiger partial charge in [-0.1, -0.05) is 0 Å². The summed E-state index contributed by atoms with van der Waals surface area (Å²) in [5, 5.41) is 10.5. The van der Waals surface area contributed by atoms with Crippen molar-refractivity contribution >= 4 is 0 Å². The van der Waals surface area contributed by atoms with Gasteiger partial charge in [0, 0.05) is 43.9 Å². The van der Waals surface area contributed by atoms with E-state index in [4.69, 9.17) is 4.74 Å². The minimum absolute atomic E-state index is 0.438. The topological polar surface area (TPSA) is 39.2 Å². The molecule has 0 saturated carbocycles. The van der Waals surface area contributed by atoms with Crippen LogP contribution in [0.3, 0.4) is 0 Å². The first-order valence-electron chi connectivity index (χ1n) is 7.89. The van der Waals surface area contributed by atoms with Crippen LogP contribution in [0, 0.1) is 0 Å². The maximum atomic E-state index is 10.5. The number of benzene rings is 1. The third-order valence-electron chi connectivity index (χ3n) is 3.81. The number of hydrogen-bond acceptors (Lipinski definition) is 5. The van der Waals surface area contributed by atoms with Gasteiger partial charge in [-0.05, 0) is 45.9 Å². The van der Waals surface area contributed by atoms with Gasteiger partial charge in [-0.25, -0.2) is 0 Å². The number of phenolic OH excluding ortho intramolecular Hbond substituents is 1. The second-order valence-electron chi connectivity index (χ2n) is 6.63.